The first-order chi connectivity index (χ1) is 11.5. The number of amides is 1. The van der Waals surface area contributed by atoms with Crippen molar-refractivity contribution in [2.24, 2.45) is 0 Å². The Labute approximate surface area is 141 Å². The predicted molar refractivity (Wildman–Crippen MR) is 92.6 cm³/mol. The first-order valence-corrected chi connectivity index (χ1v) is 7.71. The van der Waals surface area contributed by atoms with E-state index < -0.39 is 5.97 Å². The van der Waals surface area contributed by atoms with Crippen LogP contribution in [0.15, 0.2) is 48.7 Å². The zero-order valence-corrected chi connectivity index (χ0v) is 13.8. The third-order valence-corrected chi connectivity index (χ3v) is 3.71. The number of hydrogen-bond donors (Lipinski definition) is 1. The van der Waals surface area contributed by atoms with Gasteiger partial charge in [0.2, 0.25) is 0 Å². The minimum atomic E-state index is -0.856. The van der Waals surface area contributed by atoms with E-state index in [9.17, 15) is 9.59 Å². The molecule has 2 aromatic rings. The number of carboxylic acid groups (broad SMARTS) is 1. The molecule has 0 saturated heterocycles. The van der Waals surface area contributed by atoms with Crippen LogP contribution in [-0.2, 0) is 4.79 Å². The Bertz CT molecular complexity index is 686. The summed E-state index contributed by atoms with van der Waals surface area (Å²) in [6, 6.07) is 13.4. The summed E-state index contributed by atoms with van der Waals surface area (Å²) in [4.78, 5) is 30.6. The average Bonchev–Trinajstić information content (AvgIpc) is 2.61. The highest BCUT2D eigenvalue weighted by atomic mass is 16.4. The maximum absolute atomic E-state index is 12.3. The molecule has 1 amide bonds. The van der Waals surface area contributed by atoms with Crippen LogP contribution in [0.1, 0.15) is 23.2 Å². The van der Waals surface area contributed by atoms with Crippen molar-refractivity contribution in [3.05, 3.63) is 54.2 Å². The highest BCUT2D eigenvalue weighted by molar-refractivity contribution is 5.94. The Morgan fingerprint density at radius 2 is 1.79 bits per heavy atom. The molecule has 6 nitrogen and oxygen atoms in total. The van der Waals surface area contributed by atoms with Gasteiger partial charge in [0, 0.05) is 38.9 Å². The van der Waals surface area contributed by atoms with Gasteiger partial charge in [0.25, 0.3) is 5.91 Å². The molecule has 0 saturated carbocycles. The van der Waals surface area contributed by atoms with E-state index in [0.717, 1.165) is 11.5 Å². The van der Waals surface area contributed by atoms with Crippen molar-refractivity contribution in [2.45, 2.75) is 12.8 Å². The van der Waals surface area contributed by atoms with Gasteiger partial charge in [-0.3, -0.25) is 9.59 Å². The van der Waals surface area contributed by atoms with Crippen molar-refractivity contribution in [2.75, 3.05) is 25.5 Å². The predicted octanol–water partition coefficient (Wildman–Crippen LogP) is 2.79. The van der Waals surface area contributed by atoms with Crippen LogP contribution in [0.5, 0.6) is 0 Å². The molecule has 1 N–H and O–H groups in total. The molecule has 0 bridgehead atoms. The highest BCUT2D eigenvalue weighted by Crippen LogP contribution is 2.21. The SMILES string of the molecule is CN(CCCC(=O)O)C(=O)c1ccc(N(C)c2ccccc2)nc1. The van der Waals surface area contributed by atoms with Gasteiger partial charge in [-0.15, -0.1) is 0 Å². The van der Waals surface area contributed by atoms with Crippen molar-refractivity contribution < 1.29 is 14.7 Å². The number of anilines is 2. The van der Waals surface area contributed by atoms with E-state index in [1.807, 2.05) is 42.3 Å². The van der Waals surface area contributed by atoms with Gasteiger partial charge in [-0.2, -0.15) is 0 Å². The van der Waals surface area contributed by atoms with E-state index >= 15 is 0 Å². The summed E-state index contributed by atoms with van der Waals surface area (Å²) in [5, 5.41) is 8.64. The number of aromatic nitrogens is 1. The number of para-hydroxylation sites is 1. The Balaban J connectivity index is 2.00. The molecular weight excluding hydrogens is 306 g/mol. The van der Waals surface area contributed by atoms with Crippen molar-refractivity contribution in [1.82, 2.24) is 9.88 Å². The number of aliphatic carboxylic acids is 1. The molecule has 0 spiro atoms. The molecule has 0 fully saturated rings. The smallest absolute Gasteiger partial charge is 0.303 e. The van der Waals surface area contributed by atoms with Gasteiger partial charge in [-0.25, -0.2) is 4.98 Å². The van der Waals surface area contributed by atoms with Crippen molar-refractivity contribution in [1.29, 1.82) is 0 Å². The van der Waals surface area contributed by atoms with Crippen molar-refractivity contribution in [3.63, 3.8) is 0 Å². The third-order valence-electron chi connectivity index (χ3n) is 3.71. The van der Waals surface area contributed by atoms with E-state index in [-0.39, 0.29) is 12.3 Å². The zero-order chi connectivity index (χ0) is 17.5. The third kappa shape index (κ3) is 4.55. The normalized spacial score (nSPS) is 10.2. The largest absolute Gasteiger partial charge is 0.481 e. The number of nitrogens with zero attached hydrogens (tertiary/aromatic N) is 3. The molecule has 1 aromatic carbocycles. The molecule has 0 unspecified atom stereocenters. The van der Waals surface area contributed by atoms with Gasteiger partial charge in [-0.05, 0) is 30.7 Å². The maximum atomic E-state index is 12.3. The first kappa shape index (κ1) is 17.5. The molecule has 126 valence electrons. The van der Waals surface area contributed by atoms with Gasteiger partial charge in [0.1, 0.15) is 5.82 Å². The number of pyridine rings is 1. The molecular formula is C18H21N3O3. The number of carboxylic acids is 1. The van der Waals surface area contributed by atoms with Crippen LogP contribution in [0.4, 0.5) is 11.5 Å². The fourth-order valence-corrected chi connectivity index (χ4v) is 2.28. The van der Waals surface area contributed by atoms with E-state index in [0.29, 0.717) is 18.5 Å². The molecule has 6 heteroatoms. The minimum Gasteiger partial charge on any atom is -0.481 e. The average molecular weight is 327 g/mol. The number of benzene rings is 1. The Morgan fingerprint density at radius 3 is 2.38 bits per heavy atom. The lowest BCUT2D eigenvalue weighted by atomic mass is 10.2. The Morgan fingerprint density at radius 1 is 1.08 bits per heavy atom. The molecule has 0 aliphatic heterocycles. The van der Waals surface area contributed by atoms with Crippen LogP contribution >= 0.6 is 0 Å². The number of hydrogen-bond acceptors (Lipinski definition) is 4. The summed E-state index contributed by atoms with van der Waals surface area (Å²) in [6.07, 6.45) is 2.03. The van der Waals surface area contributed by atoms with E-state index in [4.69, 9.17) is 5.11 Å². The minimum absolute atomic E-state index is 0.0523. The standard InChI is InChI=1S/C18H21N3O3/c1-20(12-6-9-17(22)23)18(24)14-10-11-16(19-13-14)21(2)15-7-4-3-5-8-15/h3-5,7-8,10-11,13H,6,9,12H2,1-2H3,(H,22,23). The molecule has 2 rings (SSSR count). The summed E-state index contributed by atoms with van der Waals surface area (Å²) in [5.41, 5.74) is 1.49. The van der Waals surface area contributed by atoms with E-state index in [1.165, 1.54) is 4.90 Å². The number of carbonyl (C=O) groups excluding carboxylic acids is 1. The van der Waals surface area contributed by atoms with Crippen LogP contribution in [-0.4, -0.2) is 47.5 Å². The van der Waals surface area contributed by atoms with Crippen molar-refractivity contribution in [3.8, 4) is 0 Å². The molecule has 0 aliphatic carbocycles. The topological polar surface area (TPSA) is 73.7 Å². The Kier molecular flexibility index (Phi) is 5.89. The van der Waals surface area contributed by atoms with Crippen LogP contribution in [0.25, 0.3) is 0 Å². The van der Waals surface area contributed by atoms with E-state index in [2.05, 4.69) is 4.98 Å². The summed E-state index contributed by atoms with van der Waals surface area (Å²) in [6.45, 7) is 0.400. The van der Waals surface area contributed by atoms with Gasteiger partial charge in [0.15, 0.2) is 0 Å². The van der Waals surface area contributed by atoms with Crippen LogP contribution in [0.3, 0.4) is 0 Å². The van der Waals surface area contributed by atoms with Crippen LogP contribution < -0.4 is 4.90 Å². The lowest BCUT2D eigenvalue weighted by molar-refractivity contribution is -0.137. The fourth-order valence-electron chi connectivity index (χ4n) is 2.28. The summed E-state index contributed by atoms with van der Waals surface area (Å²) >= 11 is 0. The van der Waals surface area contributed by atoms with Crippen LogP contribution in [0, 0.1) is 0 Å². The second-order valence-corrected chi connectivity index (χ2v) is 5.52. The zero-order valence-electron chi connectivity index (χ0n) is 13.8. The van der Waals surface area contributed by atoms with Crippen molar-refractivity contribution >= 4 is 23.4 Å². The summed E-state index contributed by atoms with van der Waals surface area (Å²) in [7, 11) is 3.57. The van der Waals surface area contributed by atoms with E-state index in [1.54, 1.807) is 25.4 Å². The summed E-state index contributed by atoms with van der Waals surface area (Å²) < 4.78 is 0. The fraction of sp³-hybridized carbons (Fsp3) is 0.278. The number of carbonyl (C=O) groups is 2. The monoisotopic (exact) mass is 327 g/mol. The molecule has 0 aliphatic rings. The first-order valence-electron chi connectivity index (χ1n) is 7.71. The van der Waals surface area contributed by atoms with Gasteiger partial charge in [-0.1, -0.05) is 18.2 Å². The number of rotatable bonds is 7. The molecule has 24 heavy (non-hydrogen) atoms. The lowest BCUT2D eigenvalue weighted by Crippen LogP contribution is -2.28. The second-order valence-electron chi connectivity index (χ2n) is 5.52. The van der Waals surface area contributed by atoms with Crippen LogP contribution in [0.2, 0.25) is 0 Å². The van der Waals surface area contributed by atoms with Gasteiger partial charge < -0.3 is 14.9 Å². The maximum Gasteiger partial charge on any atom is 0.303 e. The molecule has 1 aromatic heterocycles. The van der Waals surface area contributed by atoms with Gasteiger partial charge in [0.05, 0.1) is 5.56 Å². The quantitative estimate of drug-likeness (QED) is 0.846. The highest BCUT2D eigenvalue weighted by Gasteiger charge is 2.13. The lowest BCUT2D eigenvalue weighted by Gasteiger charge is -2.19. The molecule has 0 radical (unpaired) electrons. The molecule has 1 heterocycles. The Hall–Kier alpha value is -2.89. The second kappa shape index (κ2) is 8.10. The van der Waals surface area contributed by atoms with Gasteiger partial charge >= 0.3 is 5.97 Å². The molecule has 0 atom stereocenters. The summed E-state index contributed by atoms with van der Waals surface area (Å²) in [5.74, 6) is -0.279.